The second-order valence-electron chi connectivity index (χ2n) is 9.15. The van der Waals surface area contributed by atoms with Crippen molar-refractivity contribution in [2.24, 2.45) is 10.9 Å². The first kappa shape index (κ1) is 24.7. The van der Waals surface area contributed by atoms with Gasteiger partial charge in [0.1, 0.15) is 0 Å². The molecule has 1 aromatic rings. The maximum Gasteiger partial charge on any atom is 0.272 e. The highest BCUT2D eigenvalue weighted by Gasteiger charge is 2.37. The predicted octanol–water partition coefficient (Wildman–Crippen LogP) is 6.26. The van der Waals surface area contributed by atoms with E-state index in [4.69, 9.17) is 9.73 Å². The van der Waals surface area contributed by atoms with Crippen molar-refractivity contribution in [3.05, 3.63) is 33.4 Å². The lowest BCUT2D eigenvalue weighted by atomic mass is 10.0. The van der Waals surface area contributed by atoms with Gasteiger partial charge in [-0.2, -0.15) is 0 Å². The van der Waals surface area contributed by atoms with E-state index in [1.165, 1.54) is 0 Å². The van der Waals surface area contributed by atoms with Crippen LogP contribution in [0, 0.1) is 29.9 Å². The number of nitrogens with zero attached hydrogens (tertiary/aromatic N) is 3. The average molecular weight is 436 g/mol. The van der Waals surface area contributed by atoms with Crippen LogP contribution in [-0.2, 0) is 4.74 Å². The number of nitro groups is 1. The number of hydrogen-bond donors (Lipinski definition) is 0. The van der Waals surface area contributed by atoms with Crippen LogP contribution < -0.4 is 0 Å². The molecule has 1 aromatic carbocycles. The number of nitro benzene ring substituents is 1. The third kappa shape index (κ3) is 5.97. The molecule has 1 aliphatic rings. The van der Waals surface area contributed by atoms with Crippen LogP contribution in [0.2, 0.25) is 0 Å². The zero-order chi connectivity index (χ0) is 22.6. The van der Waals surface area contributed by atoms with E-state index in [2.05, 4.69) is 46.4 Å². The fourth-order valence-electron chi connectivity index (χ4n) is 3.85. The number of amidine groups is 1. The summed E-state index contributed by atoms with van der Waals surface area (Å²) in [4.78, 5) is 18.3. The van der Waals surface area contributed by atoms with Crippen molar-refractivity contribution in [2.45, 2.75) is 86.0 Å². The van der Waals surface area contributed by atoms with Gasteiger partial charge in [-0.05, 0) is 59.1 Å². The van der Waals surface area contributed by atoms with Crippen LogP contribution >= 0.6 is 11.8 Å². The van der Waals surface area contributed by atoms with Crippen LogP contribution in [0.3, 0.4) is 0 Å². The number of hydrogen-bond acceptors (Lipinski definition) is 5. The highest BCUT2D eigenvalue weighted by Crippen LogP contribution is 2.35. The predicted molar refractivity (Wildman–Crippen MR) is 127 cm³/mol. The minimum atomic E-state index is -0.329. The molecule has 0 radical (unpaired) electrons. The van der Waals surface area contributed by atoms with Crippen LogP contribution in [0.4, 0.5) is 11.4 Å². The molecular weight excluding hydrogens is 398 g/mol. The fourth-order valence-corrected chi connectivity index (χ4v) is 5.16. The van der Waals surface area contributed by atoms with E-state index >= 15 is 0 Å². The summed E-state index contributed by atoms with van der Waals surface area (Å²) in [6.07, 6.45) is 2.34. The first-order valence-electron chi connectivity index (χ1n) is 10.9. The van der Waals surface area contributed by atoms with E-state index in [0.29, 0.717) is 11.5 Å². The van der Waals surface area contributed by atoms with Gasteiger partial charge in [0.25, 0.3) is 5.69 Å². The maximum absolute atomic E-state index is 11.2. The SMILES string of the molecule is CCC(CC)CN1C(=Nc2ccc([N+](=O)[O-])c(C)c2C)SC[C@@H]1C(C)OC(C)(C)C. The summed E-state index contributed by atoms with van der Waals surface area (Å²) >= 11 is 1.76. The van der Waals surface area contributed by atoms with Gasteiger partial charge in [0.15, 0.2) is 5.17 Å². The van der Waals surface area contributed by atoms with Crippen molar-refractivity contribution < 1.29 is 9.66 Å². The highest BCUT2D eigenvalue weighted by molar-refractivity contribution is 8.14. The smallest absolute Gasteiger partial charge is 0.272 e. The number of rotatable bonds is 8. The van der Waals surface area contributed by atoms with Crippen molar-refractivity contribution in [1.82, 2.24) is 4.90 Å². The van der Waals surface area contributed by atoms with Crippen LogP contribution in [0.25, 0.3) is 0 Å². The van der Waals surface area contributed by atoms with Gasteiger partial charge in [0, 0.05) is 23.9 Å². The Morgan fingerprint density at radius 3 is 2.43 bits per heavy atom. The van der Waals surface area contributed by atoms with Crippen LogP contribution in [0.5, 0.6) is 0 Å². The quantitative estimate of drug-likeness (QED) is 0.356. The molecule has 0 spiro atoms. The zero-order valence-electron chi connectivity index (χ0n) is 19.7. The van der Waals surface area contributed by atoms with Crippen molar-refractivity contribution in [3.8, 4) is 0 Å². The van der Waals surface area contributed by atoms with Gasteiger partial charge in [0.05, 0.1) is 28.4 Å². The molecular formula is C23H37N3O3S. The summed E-state index contributed by atoms with van der Waals surface area (Å²) in [5, 5.41) is 12.2. The molecule has 6 nitrogen and oxygen atoms in total. The Bertz CT molecular complexity index is 785. The standard InChI is InChI=1S/C23H37N3O3S/c1-9-18(10-2)13-25-21(17(5)29-23(6,7)8)14-30-22(25)24-19-11-12-20(26(27)28)16(4)15(19)3/h11-12,17-18,21H,9-10,13-14H2,1-8H3/t17?,21-/m1/s1. The lowest BCUT2D eigenvalue weighted by molar-refractivity contribution is -0.385. The summed E-state index contributed by atoms with van der Waals surface area (Å²) in [6.45, 7) is 17.6. The van der Waals surface area contributed by atoms with E-state index in [9.17, 15) is 10.1 Å². The Hall–Kier alpha value is -1.60. The molecule has 30 heavy (non-hydrogen) atoms. The van der Waals surface area contributed by atoms with Crippen molar-refractivity contribution in [1.29, 1.82) is 0 Å². The maximum atomic E-state index is 11.2. The third-order valence-electron chi connectivity index (χ3n) is 5.86. The molecule has 1 aliphatic heterocycles. The summed E-state index contributed by atoms with van der Waals surface area (Å²) in [6, 6.07) is 3.59. The zero-order valence-corrected chi connectivity index (χ0v) is 20.5. The molecule has 168 valence electrons. The van der Waals surface area contributed by atoms with Gasteiger partial charge >= 0.3 is 0 Å². The van der Waals surface area contributed by atoms with Crippen LogP contribution in [0.1, 0.15) is 65.5 Å². The Balaban J connectivity index is 2.39. The fraction of sp³-hybridized carbons (Fsp3) is 0.696. The van der Waals surface area contributed by atoms with Gasteiger partial charge in [0.2, 0.25) is 0 Å². The third-order valence-corrected chi connectivity index (χ3v) is 6.96. The number of aliphatic imine (C=N–C) groups is 1. The molecule has 0 amide bonds. The van der Waals surface area contributed by atoms with Gasteiger partial charge in [-0.3, -0.25) is 10.1 Å². The second kappa shape index (κ2) is 10.1. The van der Waals surface area contributed by atoms with Gasteiger partial charge < -0.3 is 9.64 Å². The number of benzene rings is 1. The number of ether oxygens (including phenoxy) is 1. The molecule has 0 saturated carbocycles. The Morgan fingerprint density at radius 1 is 1.27 bits per heavy atom. The summed E-state index contributed by atoms with van der Waals surface area (Å²) in [5.41, 5.74) is 2.30. The lowest BCUT2D eigenvalue weighted by Crippen LogP contribution is -2.46. The van der Waals surface area contributed by atoms with Crippen LogP contribution in [0.15, 0.2) is 17.1 Å². The van der Waals surface area contributed by atoms with Crippen molar-refractivity contribution in [2.75, 3.05) is 12.3 Å². The Kier molecular flexibility index (Phi) is 8.34. The number of thioether (sulfide) groups is 1. The highest BCUT2D eigenvalue weighted by atomic mass is 32.2. The van der Waals surface area contributed by atoms with Gasteiger partial charge in [-0.1, -0.05) is 38.5 Å². The molecule has 1 unspecified atom stereocenters. The molecule has 7 heteroatoms. The molecule has 2 atom stereocenters. The van der Waals surface area contributed by atoms with Crippen molar-refractivity contribution in [3.63, 3.8) is 0 Å². The topological polar surface area (TPSA) is 68.0 Å². The molecule has 1 heterocycles. The monoisotopic (exact) mass is 435 g/mol. The molecule has 0 N–H and O–H groups in total. The average Bonchev–Trinajstić information content (AvgIpc) is 3.04. The van der Waals surface area contributed by atoms with Gasteiger partial charge in [-0.25, -0.2) is 4.99 Å². The normalized spacial score (nSPS) is 19.7. The van der Waals surface area contributed by atoms with E-state index in [1.54, 1.807) is 30.8 Å². The lowest BCUT2D eigenvalue weighted by Gasteiger charge is -2.36. The summed E-state index contributed by atoms with van der Waals surface area (Å²) in [5.74, 6) is 1.53. The summed E-state index contributed by atoms with van der Waals surface area (Å²) < 4.78 is 6.30. The van der Waals surface area contributed by atoms with Crippen LogP contribution in [-0.4, -0.2) is 45.0 Å². The second-order valence-corrected chi connectivity index (χ2v) is 10.1. The van der Waals surface area contributed by atoms with Gasteiger partial charge in [-0.15, -0.1) is 0 Å². The summed E-state index contributed by atoms with van der Waals surface area (Å²) in [7, 11) is 0. The molecule has 1 saturated heterocycles. The van der Waals surface area contributed by atoms with E-state index in [0.717, 1.165) is 41.6 Å². The van der Waals surface area contributed by atoms with E-state index in [1.807, 2.05) is 6.92 Å². The minimum absolute atomic E-state index is 0.0826. The Labute approximate surface area is 185 Å². The largest absolute Gasteiger partial charge is 0.371 e. The molecule has 2 rings (SSSR count). The minimum Gasteiger partial charge on any atom is -0.371 e. The molecule has 1 fully saturated rings. The molecule has 0 aliphatic carbocycles. The Morgan fingerprint density at radius 2 is 1.90 bits per heavy atom. The van der Waals surface area contributed by atoms with E-state index < -0.39 is 0 Å². The first-order chi connectivity index (χ1) is 14.0. The first-order valence-corrected chi connectivity index (χ1v) is 11.9. The van der Waals surface area contributed by atoms with E-state index in [-0.39, 0.29) is 28.4 Å². The molecule has 0 aromatic heterocycles. The molecule has 0 bridgehead atoms. The van der Waals surface area contributed by atoms with Crippen molar-refractivity contribution >= 4 is 28.3 Å².